The minimum Gasteiger partial charge on any atom is -0.338 e. The Bertz CT molecular complexity index is 621. The van der Waals surface area contributed by atoms with Gasteiger partial charge in [0.05, 0.1) is 0 Å². The van der Waals surface area contributed by atoms with Crippen LogP contribution in [0.15, 0.2) is 29.4 Å². The number of carbonyl (C=O) groups is 1. The molecule has 1 amide bonds. The van der Waals surface area contributed by atoms with Gasteiger partial charge in [0.25, 0.3) is 0 Å². The summed E-state index contributed by atoms with van der Waals surface area (Å²) in [6, 6.07) is 3.08. The number of pyridine rings is 1. The van der Waals surface area contributed by atoms with E-state index >= 15 is 0 Å². The van der Waals surface area contributed by atoms with Crippen LogP contribution in [0.5, 0.6) is 0 Å². The molecule has 0 spiro atoms. The SMILES string of the molecule is CC1CCN(C(=O)CCNS(=O)(=O)c2cccnc2)C(CN)C1. The lowest BCUT2D eigenvalue weighted by atomic mass is 9.92. The van der Waals surface area contributed by atoms with Gasteiger partial charge in [0, 0.05) is 44.5 Å². The second-order valence-corrected chi connectivity index (χ2v) is 7.71. The number of aromatic nitrogens is 1. The highest BCUT2D eigenvalue weighted by Gasteiger charge is 2.28. The van der Waals surface area contributed by atoms with Crippen molar-refractivity contribution in [3.8, 4) is 0 Å². The fourth-order valence-electron chi connectivity index (χ4n) is 2.83. The Balaban J connectivity index is 1.87. The first-order chi connectivity index (χ1) is 10.9. The summed E-state index contributed by atoms with van der Waals surface area (Å²) in [4.78, 5) is 18.0. The van der Waals surface area contributed by atoms with Crippen LogP contribution in [0.1, 0.15) is 26.2 Å². The van der Waals surface area contributed by atoms with Crippen LogP contribution >= 0.6 is 0 Å². The van der Waals surface area contributed by atoms with Crippen LogP contribution in [0.2, 0.25) is 0 Å². The zero-order valence-electron chi connectivity index (χ0n) is 13.3. The molecule has 2 rings (SSSR count). The Morgan fingerprint density at radius 3 is 2.96 bits per heavy atom. The van der Waals surface area contributed by atoms with E-state index in [-0.39, 0.29) is 29.8 Å². The first kappa shape index (κ1) is 17.8. The van der Waals surface area contributed by atoms with E-state index in [9.17, 15) is 13.2 Å². The Hall–Kier alpha value is -1.51. The first-order valence-corrected chi connectivity index (χ1v) is 9.31. The number of carbonyl (C=O) groups excluding carboxylic acids is 1. The van der Waals surface area contributed by atoms with Crippen molar-refractivity contribution in [2.24, 2.45) is 11.7 Å². The molecule has 7 nitrogen and oxygen atoms in total. The minimum atomic E-state index is -3.62. The number of likely N-dealkylation sites (tertiary alicyclic amines) is 1. The largest absolute Gasteiger partial charge is 0.338 e. The zero-order valence-corrected chi connectivity index (χ0v) is 14.1. The zero-order chi connectivity index (χ0) is 16.9. The molecule has 1 aromatic heterocycles. The summed E-state index contributed by atoms with van der Waals surface area (Å²) < 4.78 is 26.6. The van der Waals surface area contributed by atoms with Gasteiger partial charge in [0.1, 0.15) is 4.90 Å². The van der Waals surface area contributed by atoms with Gasteiger partial charge in [-0.25, -0.2) is 13.1 Å². The topological polar surface area (TPSA) is 105 Å². The Labute approximate surface area is 137 Å². The number of amides is 1. The van der Waals surface area contributed by atoms with Crippen molar-refractivity contribution in [1.82, 2.24) is 14.6 Å². The van der Waals surface area contributed by atoms with E-state index in [4.69, 9.17) is 5.73 Å². The summed E-state index contributed by atoms with van der Waals surface area (Å²) in [6.45, 7) is 3.36. The van der Waals surface area contributed by atoms with Crippen molar-refractivity contribution >= 4 is 15.9 Å². The number of piperidine rings is 1. The predicted octanol–water partition coefficient (Wildman–Crippen LogP) is 0.336. The van der Waals surface area contributed by atoms with Gasteiger partial charge < -0.3 is 10.6 Å². The van der Waals surface area contributed by atoms with E-state index in [1.54, 1.807) is 11.0 Å². The van der Waals surface area contributed by atoms with Gasteiger partial charge >= 0.3 is 0 Å². The Kier molecular flexibility index (Phi) is 6.09. The second-order valence-electron chi connectivity index (χ2n) is 5.94. The summed E-state index contributed by atoms with van der Waals surface area (Å²) in [5.74, 6) is 0.512. The fraction of sp³-hybridized carbons (Fsp3) is 0.600. The molecule has 0 aromatic carbocycles. The third-order valence-corrected chi connectivity index (χ3v) is 5.59. The van der Waals surface area contributed by atoms with Crippen LogP contribution in [-0.4, -0.2) is 49.9 Å². The molecule has 8 heteroatoms. The molecule has 1 aromatic rings. The molecule has 2 heterocycles. The molecule has 1 fully saturated rings. The van der Waals surface area contributed by atoms with Crippen molar-refractivity contribution in [2.75, 3.05) is 19.6 Å². The highest BCUT2D eigenvalue weighted by atomic mass is 32.2. The smallest absolute Gasteiger partial charge is 0.242 e. The number of nitrogens with two attached hydrogens (primary N) is 1. The van der Waals surface area contributed by atoms with Crippen molar-refractivity contribution in [3.05, 3.63) is 24.5 Å². The maximum absolute atomic E-state index is 12.3. The van der Waals surface area contributed by atoms with Crippen LogP contribution in [-0.2, 0) is 14.8 Å². The predicted molar refractivity (Wildman–Crippen MR) is 87.0 cm³/mol. The summed E-state index contributed by atoms with van der Waals surface area (Å²) in [5, 5.41) is 0. The molecular weight excluding hydrogens is 316 g/mol. The van der Waals surface area contributed by atoms with Crippen molar-refractivity contribution < 1.29 is 13.2 Å². The standard InChI is InChI=1S/C15H24N4O3S/c1-12-5-8-19(13(9-12)10-16)15(20)4-7-18-23(21,22)14-3-2-6-17-11-14/h2-3,6,11-13,18H,4-5,7-10,16H2,1H3. The molecule has 3 N–H and O–H groups in total. The lowest BCUT2D eigenvalue weighted by Gasteiger charge is -2.38. The molecule has 2 unspecified atom stereocenters. The molecule has 1 saturated heterocycles. The Morgan fingerprint density at radius 1 is 1.52 bits per heavy atom. The van der Waals surface area contributed by atoms with E-state index in [0.717, 1.165) is 12.8 Å². The van der Waals surface area contributed by atoms with Crippen LogP contribution in [0.25, 0.3) is 0 Å². The number of rotatable bonds is 6. The lowest BCUT2D eigenvalue weighted by molar-refractivity contribution is -0.135. The van der Waals surface area contributed by atoms with E-state index in [1.807, 2.05) is 0 Å². The van der Waals surface area contributed by atoms with Crippen molar-refractivity contribution in [3.63, 3.8) is 0 Å². The van der Waals surface area contributed by atoms with Gasteiger partial charge in [-0.1, -0.05) is 6.92 Å². The molecule has 2 atom stereocenters. The number of hydrogen-bond acceptors (Lipinski definition) is 5. The first-order valence-electron chi connectivity index (χ1n) is 7.83. The summed E-state index contributed by atoms with van der Waals surface area (Å²) >= 11 is 0. The summed E-state index contributed by atoms with van der Waals surface area (Å²) in [5.41, 5.74) is 5.76. The molecule has 0 bridgehead atoms. The number of sulfonamides is 1. The number of hydrogen-bond donors (Lipinski definition) is 2. The molecular formula is C15H24N4O3S. The van der Waals surface area contributed by atoms with Crippen molar-refractivity contribution in [1.29, 1.82) is 0 Å². The number of nitrogens with one attached hydrogen (secondary N) is 1. The molecule has 23 heavy (non-hydrogen) atoms. The molecule has 1 aliphatic heterocycles. The summed E-state index contributed by atoms with van der Waals surface area (Å²) in [6.07, 6.45) is 4.78. The highest BCUT2D eigenvalue weighted by molar-refractivity contribution is 7.89. The lowest BCUT2D eigenvalue weighted by Crippen LogP contribution is -2.49. The quantitative estimate of drug-likeness (QED) is 0.777. The van der Waals surface area contributed by atoms with Gasteiger partial charge in [-0.3, -0.25) is 9.78 Å². The summed E-state index contributed by atoms with van der Waals surface area (Å²) in [7, 11) is -3.62. The van der Waals surface area contributed by atoms with E-state index < -0.39 is 10.0 Å². The maximum atomic E-state index is 12.3. The second kappa shape index (κ2) is 7.85. The van der Waals surface area contributed by atoms with Crippen LogP contribution in [0.3, 0.4) is 0 Å². The minimum absolute atomic E-state index is 0.0544. The van der Waals surface area contributed by atoms with Gasteiger partial charge in [-0.2, -0.15) is 0 Å². The third-order valence-electron chi connectivity index (χ3n) is 4.15. The molecule has 1 aliphatic rings. The Morgan fingerprint density at radius 2 is 2.30 bits per heavy atom. The molecule has 0 saturated carbocycles. The monoisotopic (exact) mass is 340 g/mol. The normalized spacial score (nSPS) is 22.1. The van der Waals surface area contributed by atoms with E-state index in [2.05, 4.69) is 16.6 Å². The van der Waals surface area contributed by atoms with Gasteiger partial charge in [0.2, 0.25) is 15.9 Å². The van der Waals surface area contributed by atoms with Gasteiger partial charge in [-0.15, -0.1) is 0 Å². The van der Waals surface area contributed by atoms with Crippen LogP contribution < -0.4 is 10.5 Å². The molecule has 0 radical (unpaired) electrons. The average Bonchev–Trinajstić information content (AvgIpc) is 2.55. The third kappa shape index (κ3) is 4.73. The average molecular weight is 340 g/mol. The van der Waals surface area contributed by atoms with Gasteiger partial charge in [0.15, 0.2) is 0 Å². The van der Waals surface area contributed by atoms with Gasteiger partial charge in [-0.05, 0) is 30.9 Å². The molecule has 0 aliphatic carbocycles. The molecule has 128 valence electrons. The van der Waals surface area contributed by atoms with E-state index in [1.165, 1.54) is 18.5 Å². The number of nitrogens with zero attached hydrogens (tertiary/aromatic N) is 2. The maximum Gasteiger partial charge on any atom is 0.242 e. The van der Waals surface area contributed by atoms with Crippen LogP contribution in [0, 0.1) is 5.92 Å². The fourth-order valence-corrected chi connectivity index (χ4v) is 3.82. The van der Waals surface area contributed by atoms with Crippen LogP contribution in [0.4, 0.5) is 0 Å². The highest BCUT2D eigenvalue weighted by Crippen LogP contribution is 2.22. The van der Waals surface area contributed by atoms with E-state index in [0.29, 0.717) is 19.0 Å². The van der Waals surface area contributed by atoms with Crippen molar-refractivity contribution in [2.45, 2.75) is 37.1 Å².